The summed E-state index contributed by atoms with van der Waals surface area (Å²) in [6.45, 7) is 2.42. The van der Waals surface area contributed by atoms with Gasteiger partial charge in [0.25, 0.3) is 0 Å². The molecule has 0 saturated heterocycles. The van der Waals surface area contributed by atoms with Crippen molar-refractivity contribution < 1.29 is 9.84 Å². The number of hydrogen-bond donors (Lipinski definition) is 1. The summed E-state index contributed by atoms with van der Waals surface area (Å²) in [5.74, 6) is 0.812. The second kappa shape index (κ2) is 8.00. The van der Waals surface area contributed by atoms with Crippen molar-refractivity contribution >= 4 is 0 Å². The van der Waals surface area contributed by atoms with E-state index in [2.05, 4.69) is 12.1 Å². The average molecular weight is 332 g/mol. The highest BCUT2D eigenvalue weighted by atomic mass is 16.5. The Balaban J connectivity index is 1.58. The van der Waals surface area contributed by atoms with Crippen molar-refractivity contribution in [3.63, 3.8) is 0 Å². The van der Waals surface area contributed by atoms with Crippen molar-refractivity contribution in [2.75, 3.05) is 0 Å². The molecule has 0 aliphatic heterocycles. The number of hydrogen-bond acceptors (Lipinski definition) is 2. The van der Waals surface area contributed by atoms with Crippen molar-refractivity contribution in [3.8, 4) is 5.75 Å². The first-order chi connectivity index (χ1) is 12.1. The Kier molecular flexibility index (Phi) is 5.52. The van der Waals surface area contributed by atoms with Crippen LogP contribution in [0.15, 0.2) is 84.9 Å². The Hall–Kier alpha value is -2.58. The van der Waals surface area contributed by atoms with Crippen molar-refractivity contribution in [1.29, 1.82) is 0 Å². The maximum atomic E-state index is 10.8. The molecule has 3 aromatic carbocycles. The van der Waals surface area contributed by atoms with E-state index in [0.29, 0.717) is 13.0 Å². The van der Waals surface area contributed by atoms with Crippen LogP contribution in [0.4, 0.5) is 0 Å². The van der Waals surface area contributed by atoms with Crippen LogP contribution in [0.5, 0.6) is 5.75 Å². The third-order valence-corrected chi connectivity index (χ3v) is 4.47. The van der Waals surface area contributed by atoms with Gasteiger partial charge in [0.05, 0.1) is 5.60 Å². The van der Waals surface area contributed by atoms with Gasteiger partial charge in [0.2, 0.25) is 0 Å². The molecule has 1 unspecified atom stereocenters. The lowest BCUT2D eigenvalue weighted by atomic mass is 9.89. The molecule has 3 rings (SSSR count). The van der Waals surface area contributed by atoms with Crippen LogP contribution in [0.1, 0.15) is 30.0 Å². The van der Waals surface area contributed by atoms with E-state index in [0.717, 1.165) is 23.3 Å². The Morgan fingerprint density at radius 3 is 1.92 bits per heavy atom. The molecule has 0 radical (unpaired) electrons. The zero-order valence-corrected chi connectivity index (χ0v) is 14.6. The van der Waals surface area contributed by atoms with Crippen molar-refractivity contribution in [1.82, 2.24) is 0 Å². The third kappa shape index (κ3) is 4.94. The monoisotopic (exact) mass is 332 g/mol. The van der Waals surface area contributed by atoms with E-state index in [1.165, 1.54) is 5.56 Å². The first-order valence-corrected chi connectivity index (χ1v) is 8.67. The quantitative estimate of drug-likeness (QED) is 0.652. The summed E-state index contributed by atoms with van der Waals surface area (Å²) in [6.07, 6.45) is 1.53. The highest BCUT2D eigenvalue weighted by Crippen LogP contribution is 2.28. The number of rotatable bonds is 7. The van der Waals surface area contributed by atoms with Crippen LogP contribution in [0.3, 0.4) is 0 Å². The first kappa shape index (κ1) is 17.2. The fraction of sp³-hybridized carbons (Fsp3) is 0.217. The molecular formula is C23H24O2. The molecule has 0 aliphatic carbocycles. The fourth-order valence-electron chi connectivity index (χ4n) is 2.83. The minimum atomic E-state index is -0.853. The van der Waals surface area contributed by atoms with E-state index >= 15 is 0 Å². The number of benzene rings is 3. The summed E-state index contributed by atoms with van der Waals surface area (Å²) in [5.41, 5.74) is 2.44. The van der Waals surface area contributed by atoms with Gasteiger partial charge in [0.15, 0.2) is 0 Å². The van der Waals surface area contributed by atoms with Gasteiger partial charge in [-0.15, -0.1) is 0 Å². The smallest absolute Gasteiger partial charge is 0.119 e. The molecule has 0 aliphatic rings. The van der Waals surface area contributed by atoms with Gasteiger partial charge in [-0.2, -0.15) is 0 Å². The lowest BCUT2D eigenvalue weighted by Gasteiger charge is -2.24. The molecule has 3 aromatic rings. The molecule has 1 atom stereocenters. The minimum Gasteiger partial charge on any atom is -0.489 e. The van der Waals surface area contributed by atoms with E-state index in [1.807, 2.05) is 79.7 Å². The first-order valence-electron chi connectivity index (χ1n) is 8.67. The lowest BCUT2D eigenvalue weighted by Crippen LogP contribution is -2.21. The molecule has 0 amide bonds. The van der Waals surface area contributed by atoms with Crippen LogP contribution >= 0.6 is 0 Å². The van der Waals surface area contributed by atoms with Gasteiger partial charge in [0, 0.05) is 0 Å². The zero-order valence-electron chi connectivity index (χ0n) is 14.6. The zero-order chi connectivity index (χ0) is 17.5. The molecule has 128 valence electrons. The Bertz CT molecular complexity index is 762. The highest BCUT2D eigenvalue weighted by molar-refractivity contribution is 5.31. The SMILES string of the molecule is CC(O)(CCc1ccccc1)c1ccc(OCc2ccccc2)cc1. The second-order valence-corrected chi connectivity index (χ2v) is 6.56. The van der Waals surface area contributed by atoms with Gasteiger partial charge in [0.1, 0.15) is 12.4 Å². The van der Waals surface area contributed by atoms with Crippen LogP contribution in [-0.2, 0) is 18.6 Å². The maximum absolute atomic E-state index is 10.8. The summed E-state index contributed by atoms with van der Waals surface area (Å²) in [6, 6.07) is 28.1. The van der Waals surface area contributed by atoms with E-state index in [9.17, 15) is 5.11 Å². The topological polar surface area (TPSA) is 29.5 Å². The lowest BCUT2D eigenvalue weighted by molar-refractivity contribution is 0.0480. The fourth-order valence-corrected chi connectivity index (χ4v) is 2.83. The van der Waals surface area contributed by atoms with E-state index < -0.39 is 5.60 Å². The predicted molar refractivity (Wildman–Crippen MR) is 102 cm³/mol. The largest absolute Gasteiger partial charge is 0.489 e. The number of aliphatic hydroxyl groups is 1. The van der Waals surface area contributed by atoms with Gasteiger partial charge in [-0.3, -0.25) is 0 Å². The molecule has 0 spiro atoms. The Morgan fingerprint density at radius 2 is 1.32 bits per heavy atom. The number of aryl methyl sites for hydroxylation is 1. The van der Waals surface area contributed by atoms with Gasteiger partial charge < -0.3 is 9.84 Å². The highest BCUT2D eigenvalue weighted by Gasteiger charge is 2.22. The van der Waals surface area contributed by atoms with Gasteiger partial charge in [-0.25, -0.2) is 0 Å². The van der Waals surface area contributed by atoms with Crippen LogP contribution in [-0.4, -0.2) is 5.11 Å². The number of ether oxygens (including phenoxy) is 1. The molecule has 0 saturated carbocycles. The maximum Gasteiger partial charge on any atom is 0.119 e. The molecule has 0 bridgehead atoms. The van der Waals surface area contributed by atoms with E-state index in [1.54, 1.807) is 0 Å². The van der Waals surface area contributed by atoms with Gasteiger partial charge >= 0.3 is 0 Å². The summed E-state index contributed by atoms with van der Waals surface area (Å²) in [5, 5.41) is 10.8. The van der Waals surface area contributed by atoms with E-state index in [4.69, 9.17) is 4.74 Å². The average Bonchev–Trinajstić information content (AvgIpc) is 2.67. The predicted octanol–water partition coefficient (Wildman–Crippen LogP) is 5.11. The van der Waals surface area contributed by atoms with Gasteiger partial charge in [-0.1, -0.05) is 72.8 Å². The Morgan fingerprint density at radius 1 is 0.760 bits per heavy atom. The van der Waals surface area contributed by atoms with E-state index in [-0.39, 0.29) is 0 Å². The minimum absolute atomic E-state index is 0.546. The van der Waals surface area contributed by atoms with Gasteiger partial charge in [-0.05, 0) is 48.6 Å². The Labute approximate surface area is 149 Å². The molecule has 2 heteroatoms. The van der Waals surface area contributed by atoms with Crippen LogP contribution < -0.4 is 4.74 Å². The summed E-state index contributed by atoms with van der Waals surface area (Å²) < 4.78 is 5.81. The molecule has 2 nitrogen and oxygen atoms in total. The van der Waals surface area contributed by atoms with Crippen LogP contribution in [0.2, 0.25) is 0 Å². The normalized spacial score (nSPS) is 13.2. The van der Waals surface area contributed by atoms with Crippen molar-refractivity contribution in [3.05, 3.63) is 102 Å². The molecule has 0 heterocycles. The van der Waals surface area contributed by atoms with Crippen LogP contribution in [0.25, 0.3) is 0 Å². The van der Waals surface area contributed by atoms with Crippen molar-refractivity contribution in [2.45, 2.75) is 32.0 Å². The molecule has 1 N–H and O–H groups in total. The molecule has 0 aromatic heterocycles. The van der Waals surface area contributed by atoms with Crippen molar-refractivity contribution in [2.24, 2.45) is 0 Å². The second-order valence-electron chi connectivity index (χ2n) is 6.56. The standard InChI is InChI=1S/C23H24O2/c1-23(24,17-16-19-8-4-2-5-9-19)21-12-14-22(15-13-21)25-18-20-10-6-3-7-11-20/h2-15,24H,16-18H2,1H3. The summed E-state index contributed by atoms with van der Waals surface area (Å²) >= 11 is 0. The molecular weight excluding hydrogens is 308 g/mol. The molecule has 25 heavy (non-hydrogen) atoms. The molecule has 0 fully saturated rings. The summed E-state index contributed by atoms with van der Waals surface area (Å²) in [4.78, 5) is 0. The van der Waals surface area contributed by atoms with Crippen LogP contribution in [0, 0.1) is 0 Å². The third-order valence-electron chi connectivity index (χ3n) is 4.47. The summed E-state index contributed by atoms with van der Waals surface area (Å²) in [7, 11) is 0.